The molecule has 0 heterocycles. The minimum absolute atomic E-state index is 0.0591. The maximum absolute atomic E-state index is 12.3. The fourth-order valence-corrected chi connectivity index (χ4v) is 2.65. The van der Waals surface area contributed by atoms with E-state index in [1.165, 1.54) is 0 Å². The van der Waals surface area contributed by atoms with Gasteiger partial charge in [-0.25, -0.2) is 0 Å². The van der Waals surface area contributed by atoms with E-state index in [1.807, 2.05) is 37.3 Å². The van der Waals surface area contributed by atoms with Gasteiger partial charge in [0.15, 0.2) is 0 Å². The van der Waals surface area contributed by atoms with Crippen molar-refractivity contribution in [1.29, 1.82) is 0 Å². The lowest BCUT2D eigenvalue weighted by molar-refractivity contribution is -0.134. The molecule has 90 valence electrons. The summed E-state index contributed by atoms with van der Waals surface area (Å²) in [6.07, 6.45) is 1.75. The molecule has 0 amide bonds. The zero-order valence-corrected chi connectivity index (χ0v) is 10.4. The summed E-state index contributed by atoms with van der Waals surface area (Å²) in [7, 11) is 0. The van der Waals surface area contributed by atoms with Crippen molar-refractivity contribution in [2.45, 2.75) is 33.1 Å². The van der Waals surface area contributed by atoms with E-state index in [0.29, 0.717) is 12.8 Å². The largest absolute Gasteiger partial charge is 0.299 e. The van der Waals surface area contributed by atoms with Gasteiger partial charge in [-0.15, -0.1) is 0 Å². The predicted octanol–water partition coefficient (Wildman–Crippen LogP) is 2.80. The SMILES string of the molecule is CC[C@H]1CC(=O)[C@@](C)(Cc2ccccc2)C1=O. The van der Waals surface area contributed by atoms with Gasteiger partial charge < -0.3 is 0 Å². The van der Waals surface area contributed by atoms with E-state index in [1.54, 1.807) is 6.92 Å². The normalized spacial score (nSPS) is 28.7. The Hall–Kier alpha value is -1.44. The van der Waals surface area contributed by atoms with Crippen LogP contribution in [0.2, 0.25) is 0 Å². The van der Waals surface area contributed by atoms with Crippen molar-refractivity contribution in [1.82, 2.24) is 0 Å². The number of carbonyl (C=O) groups is 2. The topological polar surface area (TPSA) is 34.1 Å². The Morgan fingerprint density at radius 3 is 2.41 bits per heavy atom. The maximum Gasteiger partial charge on any atom is 0.149 e. The Kier molecular flexibility index (Phi) is 3.14. The number of benzene rings is 1. The van der Waals surface area contributed by atoms with Crippen LogP contribution in [0.3, 0.4) is 0 Å². The number of hydrogen-bond donors (Lipinski definition) is 0. The Morgan fingerprint density at radius 2 is 1.88 bits per heavy atom. The molecule has 0 bridgehead atoms. The summed E-state index contributed by atoms with van der Waals surface area (Å²) < 4.78 is 0. The summed E-state index contributed by atoms with van der Waals surface area (Å²) in [6, 6.07) is 9.79. The first-order chi connectivity index (χ1) is 8.08. The van der Waals surface area contributed by atoms with Crippen molar-refractivity contribution in [2.75, 3.05) is 0 Å². The zero-order valence-electron chi connectivity index (χ0n) is 10.4. The molecule has 0 saturated heterocycles. The molecule has 2 heteroatoms. The Balaban J connectivity index is 2.25. The van der Waals surface area contributed by atoms with Crippen molar-refractivity contribution in [3.8, 4) is 0 Å². The van der Waals surface area contributed by atoms with Crippen LogP contribution in [0.4, 0.5) is 0 Å². The molecule has 17 heavy (non-hydrogen) atoms. The molecular weight excluding hydrogens is 212 g/mol. The molecule has 2 nitrogen and oxygen atoms in total. The molecule has 0 aromatic heterocycles. The monoisotopic (exact) mass is 230 g/mol. The van der Waals surface area contributed by atoms with E-state index >= 15 is 0 Å². The number of Topliss-reactive ketones (excluding diaryl/α,β-unsaturated/α-hetero) is 2. The summed E-state index contributed by atoms with van der Waals surface area (Å²) in [5.41, 5.74) is 0.274. The molecule has 2 atom stereocenters. The minimum atomic E-state index is -0.790. The Labute approximate surface area is 102 Å². The van der Waals surface area contributed by atoms with Crippen molar-refractivity contribution < 1.29 is 9.59 Å². The summed E-state index contributed by atoms with van der Waals surface area (Å²) >= 11 is 0. The van der Waals surface area contributed by atoms with Crippen LogP contribution in [0, 0.1) is 11.3 Å². The van der Waals surface area contributed by atoms with Gasteiger partial charge in [0, 0.05) is 12.3 Å². The predicted molar refractivity (Wildman–Crippen MR) is 66.7 cm³/mol. The van der Waals surface area contributed by atoms with Gasteiger partial charge in [0.05, 0.1) is 5.41 Å². The fourth-order valence-electron chi connectivity index (χ4n) is 2.65. The summed E-state index contributed by atoms with van der Waals surface area (Å²) in [4.78, 5) is 24.3. The van der Waals surface area contributed by atoms with Gasteiger partial charge in [-0.1, -0.05) is 37.3 Å². The average molecular weight is 230 g/mol. The fraction of sp³-hybridized carbons (Fsp3) is 0.467. The molecule has 1 fully saturated rings. The third-order valence-corrected chi connectivity index (χ3v) is 3.86. The van der Waals surface area contributed by atoms with Crippen LogP contribution in [0.15, 0.2) is 30.3 Å². The number of ketones is 2. The molecule has 0 unspecified atom stereocenters. The van der Waals surface area contributed by atoms with E-state index in [4.69, 9.17) is 0 Å². The van der Waals surface area contributed by atoms with Crippen molar-refractivity contribution >= 4 is 11.6 Å². The molecule has 0 radical (unpaired) electrons. The molecule has 1 aliphatic rings. The molecule has 1 aromatic rings. The Bertz CT molecular complexity index is 435. The van der Waals surface area contributed by atoms with Crippen LogP contribution in [0.25, 0.3) is 0 Å². The van der Waals surface area contributed by atoms with Crippen LogP contribution in [0.1, 0.15) is 32.3 Å². The van der Waals surface area contributed by atoms with E-state index < -0.39 is 5.41 Å². The smallest absolute Gasteiger partial charge is 0.149 e. The molecule has 0 spiro atoms. The minimum Gasteiger partial charge on any atom is -0.299 e. The van der Waals surface area contributed by atoms with E-state index in [2.05, 4.69) is 0 Å². The number of rotatable bonds is 3. The second-order valence-electron chi connectivity index (χ2n) is 5.09. The first-order valence-corrected chi connectivity index (χ1v) is 6.19. The van der Waals surface area contributed by atoms with Crippen LogP contribution >= 0.6 is 0 Å². The number of carbonyl (C=O) groups excluding carboxylic acids is 2. The maximum atomic E-state index is 12.3. The van der Waals surface area contributed by atoms with E-state index in [-0.39, 0.29) is 17.5 Å². The lowest BCUT2D eigenvalue weighted by Crippen LogP contribution is -2.33. The first kappa shape index (κ1) is 12.0. The van der Waals surface area contributed by atoms with Crippen LogP contribution in [-0.2, 0) is 16.0 Å². The highest BCUT2D eigenvalue weighted by molar-refractivity contribution is 6.13. The van der Waals surface area contributed by atoms with Crippen LogP contribution in [0.5, 0.6) is 0 Å². The van der Waals surface area contributed by atoms with Crippen LogP contribution < -0.4 is 0 Å². The quantitative estimate of drug-likeness (QED) is 0.748. The number of hydrogen-bond acceptors (Lipinski definition) is 2. The zero-order chi connectivity index (χ0) is 12.5. The second-order valence-corrected chi connectivity index (χ2v) is 5.09. The molecule has 1 saturated carbocycles. The molecule has 2 rings (SSSR count). The third kappa shape index (κ3) is 2.04. The highest BCUT2D eigenvalue weighted by atomic mass is 16.2. The summed E-state index contributed by atoms with van der Waals surface area (Å²) in [6.45, 7) is 3.78. The van der Waals surface area contributed by atoms with Crippen LogP contribution in [-0.4, -0.2) is 11.6 Å². The standard InChI is InChI=1S/C15H18O2/c1-3-12-9-13(16)15(2,14(12)17)10-11-7-5-4-6-8-11/h4-8,12H,3,9-10H2,1-2H3/t12-,15+/m0/s1. The summed E-state index contributed by atoms with van der Waals surface area (Å²) in [5.74, 6) is 0.184. The van der Waals surface area contributed by atoms with Gasteiger partial charge in [-0.05, 0) is 25.3 Å². The van der Waals surface area contributed by atoms with E-state index in [9.17, 15) is 9.59 Å². The van der Waals surface area contributed by atoms with Gasteiger partial charge in [0.2, 0.25) is 0 Å². The Morgan fingerprint density at radius 1 is 1.24 bits per heavy atom. The van der Waals surface area contributed by atoms with Gasteiger partial charge in [0.1, 0.15) is 11.6 Å². The molecule has 0 aliphatic heterocycles. The summed E-state index contributed by atoms with van der Waals surface area (Å²) in [5, 5.41) is 0. The average Bonchev–Trinajstić information content (AvgIpc) is 2.55. The molecular formula is C15H18O2. The molecule has 0 N–H and O–H groups in total. The van der Waals surface area contributed by atoms with Crippen molar-refractivity contribution in [3.05, 3.63) is 35.9 Å². The second kappa shape index (κ2) is 4.44. The van der Waals surface area contributed by atoms with Gasteiger partial charge in [0.25, 0.3) is 0 Å². The first-order valence-electron chi connectivity index (χ1n) is 6.19. The van der Waals surface area contributed by atoms with Gasteiger partial charge in [-0.2, -0.15) is 0 Å². The lowest BCUT2D eigenvalue weighted by Gasteiger charge is -2.21. The van der Waals surface area contributed by atoms with Gasteiger partial charge >= 0.3 is 0 Å². The molecule has 1 aliphatic carbocycles. The lowest BCUT2D eigenvalue weighted by atomic mass is 9.79. The van der Waals surface area contributed by atoms with Crippen molar-refractivity contribution in [2.24, 2.45) is 11.3 Å². The van der Waals surface area contributed by atoms with Gasteiger partial charge in [-0.3, -0.25) is 9.59 Å². The highest BCUT2D eigenvalue weighted by Gasteiger charge is 2.49. The molecule has 1 aromatic carbocycles. The van der Waals surface area contributed by atoms with E-state index in [0.717, 1.165) is 12.0 Å². The van der Waals surface area contributed by atoms with Crippen molar-refractivity contribution in [3.63, 3.8) is 0 Å². The highest BCUT2D eigenvalue weighted by Crippen LogP contribution is 2.39. The third-order valence-electron chi connectivity index (χ3n) is 3.86.